The highest BCUT2D eigenvalue weighted by molar-refractivity contribution is 7.86. The van der Waals surface area contributed by atoms with Crippen LogP contribution in [0.15, 0.2) is 24.3 Å². The average Bonchev–Trinajstić information content (AvgIpc) is 2.48. The van der Waals surface area contributed by atoms with Crippen LogP contribution in [-0.2, 0) is 22.1 Å². The second-order valence-corrected chi connectivity index (χ2v) is 8.93. The van der Waals surface area contributed by atoms with Gasteiger partial charge >= 0.3 is 6.03 Å². The van der Waals surface area contributed by atoms with Gasteiger partial charge in [-0.1, -0.05) is 12.1 Å². The molecule has 23 heavy (non-hydrogen) atoms. The number of hydrogen-bond donors (Lipinski definition) is 1. The number of anilines is 1. The molecule has 1 N–H and O–H groups in total. The van der Waals surface area contributed by atoms with Gasteiger partial charge in [0.15, 0.2) is 0 Å². The molecular weight excluding hydrogens is 312 g/mol. The summed E-state index contributed by atoms with van der Waals surface area (Å²) < 4.78 is 17.2. The van der Waals surface area contributed by atoms with Crippen molar-refractivity contribution in [2.75, 3.05) is 24.2 Å². The van der Waals surface area contributed by atoms with Crippen molar-refractivity contribution in [3.05, 3.63) is 29.8 Å². The first-order chi connectivity index (χ1) is 10.8. The summed E-state index contributed by atoms with van der Waals surface area (Å²) in [7, 11) is -0.883. The van der Waals surface area contributed by atoms with Crippen molar-refractivity contribution < 1.29 is 13.7 Å². The molecule has 5 nitrogen and oxygen atoms in total. The maximum absolute atomic E-state index is 12.4. The Morgan fingerprint density at radius 2 is 2.17 bits per heavy atom. The second kappa shape index (κ2) is 7.45. The minimum atomic E-state index is -0.883. The Morgan fingerprint density at radius 1 is 1.43 bits per heavy atom. The third-order valence-corrected chi connectivity index (χ3v) is 5.70. The zero-order valence-electron chi connectivity index (χ0n) is 14.3. The van der Waals surface area contributed by atoms with Crippen molar-refractivity contribution in [2.24, 2.45) is 0 Å². The third kappa shape index (κ3) is 5.04. The third-order valence-electron chi connectivity index (χ3n) is 3.78. The Labute approximate surface area is 140 Å². The summed E-state index contributed by atoms with van der Waals surface area (Å²) in [4.78, 5) is 14.2. The molecular formula is C17H26N2O3S. The van der Waals surface area contributed by atoms with Crippen LogP contribution in [0.4, 0.5) is 10.5 Å². The zero-order chi connectivity index (χ0) is 17.0. The number of rotatable bonds is 4. The molecule has 1 atom stereocenters. The van der Waals surface area contributed by atoms with Crippen LogP contribution in [0.3, 0.4) is 0 Å². The number of urea groups is 1. The highest BCUT2D eigenvalue weighted by Gasteiger charge is 2.35. The molecule has 1 aromatic carbocycles. The molecule has 1 aliphatic rings. The lowest BCUT2D eigenvalue weighted by atomic mass is 10.2. The first kappa shape index (κ1) is 17.9. The fourth-order valence-electron chi connectivity index (χ4n) is 2.46. The molecule has 1 saturated heterocycles. The molecule has 2 amide bonds. The molecule has 2 rings (SSSR count). The lowest BCUT2D eigenvalue weighted by molar-refractivity contribution is 0.0657. The van der Waals surface area contributed by atoms with Crippen LogP contribution in [-0.4, -0.2) is 44.8 Å². The summed E-state index contributed by atoms with van der Waals surface area (Å²) in [6.07, 6.45) is 0.171. The topological polar surface area (TPSA) is 58.6 Å². The fourth-order valence-corrected chi connectivity index (χ4v) is 3.70. The van der Waals surface area contributed by atoms with Crippen LogP contribution in [0.5, 0.6) is 0 Å². The normalized spacial score (nSPS) is 20.6. The van der Waals surface area contributed by atoms with Crippen molar-refractivity contribution >= 4 is 22.5 Å². The van der Waals surface area contributed by atoms with E-state index >= 15 is 0 Å². The molecule has 1 aromatic rings. The highest BCUT2D eigenvalue weighted by atomic mass is 32.2. The predicted octanol–water partition coefficient (Wildman–Crippen LogP) is 2.99. The van der Waals surface area contributed by atoms with Crippen molar-refractivity contribution in [1.82, 2.24) is 4.90 Å². The summed E-state index contributed by atoms with van der Waals surface area (Å²) in [5, 5.41) is 2.92. The molecule has 0 aromatic heterocycles. The summed E-state index contributed by atoms with van der Waals surface area (Å²) in [6, 6.07) is 7.53. The standard InChI is InChI=1S/C17H26N2O3S/c1-13(2)22-11-14-6-5-7-15(10-14)18-16(20)19-8-9-23(21)17(3,4)12-19/h5-7,10,13H,8-9,11-12H2,1-4H3,(H,18,20)/t23-/m1/s1. The van der Waals surface area contributed by atoms with Gasteiger partial charge in [0.1, 0.15) is 0 Å². The van der Waals surface area contributed by atoms with Gasteiger partial charge in [0, 0.05) is 35.3 Å². The Morgan fingerprint density at radius 3 is 2.83 bits per heavy atom. The first-order valence-corrected chi connectivity index (χ1v) is 9.25. The zero-order valence-corrected chi connectivity index (χ0v) is 15.1. The maximum atomic E-state index is 12.4. The second-order valence-electron chi connectivity index (χ2n) is 6.72. The van der Waals surface area contributed by atoms with Crippen LogP contribution < -0.4 is 5.32 Å². The molecule has 0 saturated carbocycles. The Hall–Kier alpha value is -1.40. The summed E-state index contributed by atoms with van der Waals surface area (Å²) in [6.45, 7) is 9.41. The minimum Gasteiger partial charge on any atom is -0.374 e. The summed E-state index contributed by atoms with van der Waals surface area (Å²) in [5.41, 5.74) is 1.78. The van der Waals surface area contributed by atoms with Gasteiger partial charge in [0.05, 0.1) is 17.5 Å². The van der Waals surface area contributed by atoms with Gasteiger partial charge in [0.25, 0.3) is 0 Å². The van der Waals surface area contributed by atoms with Crippen molar-refractivity contribution in [1.29, 1.82) is 0 Å². The summed E-state index contributed by atoms with van der Waals surface area (Å²) in [5.74, 6) is 0.530. The Bertz CT molecular complexity index is 587. The quantitative estimate of drug-likeness (QED) is 0.918. The number of ether oxygens (including phenoxy) is 1. The van der Waals surface area contributed by atoms with Crippen LogP contribution in [0.2, 0.25) is 0 Å². The number of benzene rings is 1. The van der Waals surface area contributed by atoms with Gasteiger partial charge in [-0.15, -0.1) is 0 Å². The van der Waals surface area contributed by atoms with Gasteiger partial charge in [-0.25, -0.2) is 4.79 Å². The largest absolute Gasteiger partial charge is 0.374 e. The molecule has 128 valence electrons. The van der Waals surface area contributed by atoms with Gasteiger partial charge in [-0.05, 0) is 45.4 Å². The highest BCUT2D eigenvalue weighted by Crippen LogP contribution is 2.21. The van der Waals surface area contributed by atoms with E-state index in [1.165, 1.54) is 0 Å². The van der Waals surface area contributed by atoms with Crippen LogP contribution >= 0.6 is 0 Å². The number of nitrogens with one attached hydrogen (secondary N) is 1. The molecule has 0 aliphatic carbocycles. The van der Waals surface area contributed by atoms with Crippen LogP contribution in [0, 0.1) is 0 Å². The van der Waals surface area contributed by atoms with Crippen LogP contribution in [0.1, 0.15) is 33.3 Å². The van der Waals surface area contributed by atoms with Gasteiger partial charge in [0.2, 0.25) is 0 Å². The van der Waals surface area contributed by atoms with E-state index in [4.69, 9.17) is 4.74 Å². The minimum absolute atomic E-state index is 0.142. The molecule has 0 radical (unpaired) electrons. The molecule has 1 fully saturated rings. The van der Waals surface area contributed by atoms with Gasteiger partial charge in [-0.3, -0.25) is 4.21 Å². The van der Waals surface area contributed by atoms with E-state index in [9.17, 15) is 9.00 Å². The average molecular weight is 338 g/mol. The van der Waals surface area contributed by atoms with Gasteiger partial charge in [-0.2, -0.15) is 0 Å². The SMILES string of the molecule is CC(C)OCc1cccc(NC(=O)N2CC[S@@](=O)C(C)(C)C2)c1. The van der Waals surface area contributed by atoms with E-state index in [0.29, 0.717) is 25.4 Å². The van der Waals surface area contributed by atoms with E-state index in [1.807, 2.05) is 52.0 Å². The lowest BCUT2D eigenvalue weighted by Crippen LogP contribution is -2.53. The monoisotopic (exact) mass is 338 g/mol. The van der Waals surface area contributed by atoms with Crippen LogP contribution in [0.25, 0.3) is 0 Å². The lowest BCUT2D eigenvalue weighted by Gasteiger charge is -2.37. The van der Waals surface area contributed by atoms with Crippen molar-refractivity contribution in [3.63, 3.8) is 0 Å². The number of nitrogens with zero attached hydrogens (tertiary/aromatic N) is 1. The fraction of sp³-hybridized carbons (Fsp3) is 0.588. The van der Waals surface area contributed by atoms with E-state index in [-0.39, 0.29) is 16.9 Å². The maximum Gasteiger partial charge on any atom is 0.321 e. The molecule has 1 aliphatic heterocycles. The molecule has 6 heteroatoms. The van der Waals surface area contributed by atoms with E-state index in [1.54, 1.807) is 4.90 Å². The van der Waals surface area contributed by atoms with Crippen molar-refractivity contribution in [2.45, 2.75) is 45.2 Å². The van der Waals surface area contributed by atoms with E-state index in [0.717, 1.165) is 11.3 Å². The Kier molecular flexibility index (Phi) is 5.81. The molecule has 0 spiro atoms. The molecule has 0 unspecified atom stereocenters. The van der Waals surface area contributed by atoms with E-state index < -0.39 is 10.8 Å². The Balaban J connectivity index is 1.97. The summed E-state index contributed by atoms with van der Waals surface area (Å²) >= 11 is 0. The smallest absolute Gasteiger partial charge is 0.321 e. The molecule has 0 bridgehead atoms. The number of amides is 2. The van der Waals surface area contributed by atoms with Gasteiger partial charge < -0.3 is 15.0 Å². The first-order valence-electron chi connectivity index (χ1n) is 7.93. The molecule has 1 heterocycles. The van der Waals surface area contributed by atoms with E-state index in [2.05, 4.69) is 5.32 Å². The number of carbonyl (C=O) groups is 1. The van der Waals surface area contributed by atoms with Crippen molar-refractivity contribution in [3.8, 4) is 0 Å². The number of carbonyl (C=O) groups excluding carboxylic acids is 1. The number of hydrogen-bond acceptors (Lipinski definition) is 3. The predicted molar refractivity (Wildman–Crippen MR) is 94.0 cm³/mol.